The molecule has 1 atom stereocenters. The van der Waals surface area contributed by atoms with Gasteiger partial charge in [-0.2, -0.15) is 0 Å². The van der Waals surface area contributed by atoms with E-state index in [0.29, 0.717) is 5.75 Å². The van der Waals surface area contributed by atoms with Crippen LogP contribution in [0.3, 0.4) is 0 Å². The van der Waals surface area contributed by atoms with Gasteiger partial charge in [0.15, 0.2) is 0 Å². The van der Waals surface area contributed by atoms with Crippen LogP contribution < -0.4 is 10.1 Å². The summed E-state index contributed by atoms with van der Waals surface area (Å²) in [7, 11) is 1.84. The molecule has 4 heteroatoms. The molecule has 0 aliphatic rings. The zero-order chi connectivity index (χ0) is 13.8. The molecule has 2 rings (SSSR count). The summed E-state index contributed by atoms with van der Waals surface area (Å²) in [5, 5.41) is 3.10. The van der Waals surface area contributed by atoms with E-state index in [4.69, 9.17) is 4.74 Å². The van der Waals surface area contributed by atoms with Crippen LogP contribution in [0, 0.1) is 9.39 Å². The summed E-state index contributed by atoms with van der Waals surface area (Å²) in [4.78, 5) is 0. The minimum Gasteiger partial charge on any atom is -0.457 e. The summed E-state index contributed by atoms with van der Waals surface area (Å²) in [6, 6.07) is 12.3. The summed E-state index contributed by atoms with van der Waals surface area (Å²) in [5.74, 6) is 1.16. The van der Waals surface area contributed by atoms with Gasteiger partial charge in [0.25, 0.3) is 0 Å². The standard InChI is InChI=1S/C15H15FINO/c1-10(18-2)14-9-11(16)3-8-15(14)19-13-6-4-12(17)5-7-13/h3-10,18H,1-2H3. The van der Waals surface area contributed by atoms with Crippen molar-refractivity contribution in [2.45, 2.75) is 13.0 Å². The molecule has 0 aliphatic heterocycles. The van der Waals surface area contributed by atoms with Crippen LogP contribution in [-0.2, 0) is 0 Å². The van der Waals surface area contributed by atoms with E-state index in [9.17, 15) is 4.39 Å². The molecule has 0 amide bonds. The lowest BCUT2D eigenvalue weighted by Gasteiger charge is -2.16. The van der Waals surface area contributed by atoms with E-state index in [1.165, 1.54) is 12.1 Å². The molecule has 1 unspecified atom stereocenters. The Labute approximate surface area is 126 Å². The SMILES string of the molecule is CNC(C)c1cc(F)ccc1Oc1ccc(I)cc1. The van der Waals surface area contributed by atoms with Gasteiger partial charge in [0.05, 0.1) is 0 Å². The van der Waals surface area contributed by atoms with Crippen molar-refractivity contribution in [3.8, 4) is 11.5 Å². The van der Waals surface area contributed by atoms with Crippen molar-refractivity contribution < 1.29 is 9.13 Å². The van der Waals surface area contributed by atoms with Gasteiger partial charge < -0.3 is 10.1 Å². The summed E-state index contributed by atoms with van der Waals surface area (Å²) >= 11 is 2.24. The Morgan fingerprint density at radius 2 is 1.84 bits per heavy atom. The molecule has 0 fully saturated rings. The van der Waals surface area contributed by atoms with Crippen molar-refractivity contribution in [1.82, 2.24) is 5.32 Å². The Kier molecular flexibility index (Phi) is 4.76. The number of halogens is 2. The summed E-state index contributed by atoms with van der Waals surface area (Å²) < 4.78 is 20.3. The Morgan fingerprint density at radius 1 is 1.16 bits per heavy atom. The van der Waals surface area contributed by atoms with E-state index in [0.717, 1.165) is 14.9 Å². The van der Waals surface area contributed by atoms with Gasteiger partial charge >= 0.3 is 0 Å². The molecule has 0 saturated heterocycles. The van der Waals surface area contributed by atoms with Crippen LogP contribution in [0.15, 0.2) is 42.5 Å². The number of benzene rings is 2. The van der Waals surface area contributed by atoms with Crippen LogP contribution in [0.2, 0.25) is 0 Å². The molecule has 0 radical (unpaired) electrons. The van der Waals surface area contributed by atoms with Crippen LogP contribution in [0.5, 0.6) is 11.5 Å². The van der Waals surface area contributed by atoms with Gasteiger partial charge in [0.2, 0.25) is 0 Å². The first-order valence-corrected chi connectivity index (χ1v) is 7.08. The molecular weight excluding hydrogens is 356 g/mol. The fourth-order valence-electron chi connectivity index (χ4n) is 1.74. The van der Waals surface area contributed by atoms with Crippen molar-refractivity contribution >= 4 is 22.6 Å². The fourth-order valence-corrected chi connectivity index (χ4v) is 2.10. The molecule has 0 aliphatic carbocycles. The first-order valence-electron chi connectivity index (χ1n) is 6.00. The van der Waals surface area contributed by atoms with Gasteiger partial charge in [-0.05, 0) is 79.0 Å². The van der Waals surface area contributed by atoms with Crippen molar-refractivity contribution in [2.75, 3.05) is 7.05 Å². The van der Waals surface area contributed by atoms with Crippen LogP contribution in [-0.4, -0.2) is 7.05 Å². The van der Waals surface area contributed by atoms with Gasteiger partial charge in [-0.1, -0.05) is 0 Å². The zero-order valence-electron chi connectivity index (χ0n) is 10.8. The van der Waals surface area contributed by atoms with Crippen molar-refractivity contribution in [1.29, 1.82) is 0 Å². The van der Waals surface area contributed by atoms with Crippen LogP contribution >= 0.6 is 22.6 Å². The monoisotopic (exact) mass is 371 g/mol. The predicted molar refractivity (Wildman–Crippen MR) is 83.1 cm³/mol. The lowest BCUT2D eigenvalue weighted by atomic mass is 10.1. The highest BCUT2D eigenvalue weighted by atomic mass is 127. The molecular formula is C15H15FINO. The lowest BCUT2D eigenvalue weighted by molar-refractivity contribution is 0.463. The highest BCUT2D eigenvalue weighted by Crippen LogP contribution is 2.30. The molecule has 100 valence electrons. The minimum atomic E-state index is -0.257. The first-order chi connectivity index (χ1) is 9.10. The molecule has 19 heavy (non-hydrogen) atoms. The second kappa shape index (κ2) is 6.34. The van der Waals surface area contributed by atoms with Crippen molar-refractivity contribution in [3.05, 3.63) is 57.4 Å². The average Bonchev–Trinajstić information content (AvgIpc) is 2.42. The number of hydrogen-bond donors (Lipinski definition) is 1. The van der Waals surface area contributed by atoms with Crippen LogP contribution in [0.4, 0.5) is 4.39 Å². The smallest absolute Gasteiger partial charge is 0.132 e. The fraction of sp³-hybridized carbons (Fsp3) is 0.200. The number of nitrogens with one attached hydrogen (secondary N) is 1. The summed E-state index contributed by atoms with van der Waals surface area (Å²) in [6.45, 7) is 1.97. The van der Waals surface area contributed by atoms with Crippen LogP contribution in [0.25, 0.3) is 0 Å². The summed E-state index contributed by atoms with van der Waals surface area (Å²) in [6.07, 6.45) is 0. The minimum absolute atomic E-state index is 0.0227. The van der Waals surface area contributed by atoms with Crippen molar-refractivity contribution in [2.24, 2.45) is 0 Å². The molecule has 2 nitrogen and oxygen atoms in total. The number of ether oxygens (including phenoxy) is 1. The Balaban J connectivity index is 2.31. The Bertz CT molecular complexity index is 557. The number of rotatable bonds is 4. The largest absolute Gasteiger partial charge is 0.457 e. The third-order valence-corrected chi connectivity index (χ3v) is 3.63. The second-order valence-electron chi connectivity index (χ2n) is 4.25. The van der Waals surface area contributed by atoms with E-state index in [1.54, 1.807) is 6.07 Å². The van der Waals surface area contributed by atoms with Gasteiger partial charge in [0, 0.05) is 15.2 Å². The topological polar surface area (TPSA) is 21.3 Å². The highest BCUT2D eigenvalue weighted by molar-refractivity contribution is 14.1. The van der Waals surface area contributed by atoms with Crippen molar-refractivity contribution in [3.63, 3.8) is 0 Å². The van der Waals surface area contributed by atoms with Gasteiger partial charge in [-0.25, -0.2) is 4.39 Å². The van der Waals surface area contributed by atoms with E-state index >= 15 is 0 Å². The highest BCUT2D eigenvalue weighted by Gasteiger charge is 2.12. The van der Waals surface area contributed by atoms with E-state index in [2.05, 4.69) is 27.9 Å². The normalized spacial score (nSPS) is 12.2. The maximum Gasteiger partial charge on any atom is 0.132 e. The summed E-state index contributed by atoms with van der Waals surface area (Å²) in [5.41, 5.74) is 0.807. The molecule has 0 bridgehead atoms. The third kappa shape index (κ3) is 3.67. The Morgan fingerprint density at radius 3 is 2.47 bits per heavy atom. The Hall–Kier alpha value is -1.14. The molecule has 0 spiro atoms. The van der Waals surface area contributed by atoms with E-state index in [-0.39, 0.29) is 11.9 Å². The van der Waals surface area contributed by atoms with Crippen LogP contribution in [0.1, 0.15) is 18.5 Å². The molecule has 0 aromatic heterocycles. The van der Waals surface area contributed by atoms with Gasteiger partial charge in [0.1, 0.15) is 17.3 Å². The maximum absolute atomic E-state index is 13.4. The van der Waals surface area contributed by atoms with Gasteiger partial charge in [-0.15, -0.1) is 0 Å². The zero-order valence-corrected chi connectivity index (χ0v) is 12.9. The average molecular weight is 371 g/mol. The first kappa shape index (κ1) is 14.3. The molecule has 1 N–H and O–H groups in total. The number of hydrogen-bond acceptors (Lipinski definition) is 2. The molecule has 2 aromatic carbocycles. The lowest BCUT2D eigenvalue weighted by Crippen LogP contribution is -2.13. The molecule has 0 heterocycles. The maximum atomic E-state index is 13.4. The second-order valence-corrected chi connectivity index (χ2v) is 5.49. The van der Waals surface area contributed by atoms with Gasteiger partial charge in [-0.3, -0.25) is 0 Å². The van der Waals surface area contributed by atoms with E-state index in [1.807, 2.05) is 38.2 Å². The molecule has 2 aromatic rings. The third-order valence-electron chi connectivity index (χ3n) is 2.91. The van der Waals surface area contributed by atoms with E-state index < -0.39 is 0 Å². The molecule has 0 saturated carbocycles. The predicted octanol–water partition coefficient (Wildman–Crippen LogP) is 4.50. The quantitative estimate of drug-likeness (QED) is 0.799.